The van der Waals surface area contributed by atoms with Crippen LogP contribution in [0.15, 0.2) is 23.0 Å². The number of anilines is 1. The molecular formula is C8H8N4OS2. The van der Waals surface area contributed by atoms with Gasteiger partial charge in [-0.3, -0.25) is 10.1 Å². The molecule has 0 fully saturated rings. The number of amides is 1. The van der Waals surface area contributed by atoms with E-state index in [-0.39, 0.29) is 5.91 Å². The Kier molecular flexibility index (Phi) is 3.05. The van der Waals surface area contributed by atoms with E-state index in [1.54, 1.807) is 5.51 Å². The van der Waals surface area contributed by atoms with Crippen molar-refractivity contribution in [2.45, 2.75) is 6.04 Å². The Balaban J connectivity index is 2.03. The average molecular weight is 240 g/mol. The van der Waals surface area contributed by atoms with Crippen LogP contribution in [-0.4, -0.2) is 16.1 Å². The molecule has 0 aliphatic heterocycles. The maximum atomic E-state index is 11.6. The van der Waals surface area contributed by atoms with Gasteiger partial charge in [-0.2, -0.15) is 0 Å². The molecule has 7 heteroatoms. The Morgan fingerprint density at radius 2 is 2.40 bits per heavy atom. The molecule has 15 heavy (non-hydrogen) atoms. The van der Waals surface area contributed by atoms with Crippen molar-refractivity contribution in [1.29, 1.82) is 0 Å². The minimum atomic E-state index is -0.645. The first-order valence-corrected chi connectivity index (χ1v) is 5.89. The van der Waals surface area contributed by atoms with Crippen LogP contribution in [0.5, 0.6) is 0 Å². The number of carbonyl (C=O) groups excluding carboxylic acids is 1. The van der Waals surface area contributed by atoms with Crippen molar-refractivity contribution < 1.29 is 4.79 Å². The Morgan fingerprint density at radius 3 is 3.00 bits per heavy atom. The molecule has 5 nitrogen and oxygen atoms in total. The predicted octanol–water partition coefficient (Wildman–Crippen LogP) is 1.24. The van der Waals surface area contributed by atoms with Crippen LogP contribution in [0.4, 0.5) is 5.13 Å². The fourth-order valence-electron chi connectivity index (χ4n) is 1.01. The van der Waals surface area contributed by atoms with Crippen LogP contribution in [0, 0.1) is 0 Å². The van der Waals surface area contributed by atoms with Gasteiger partial charge in [-0.1, -0.05) is 17.4 Å². The van der Waals surface area contributed by atoms with Crippen LogP contribution in [0.2, 0.25) is 0 Å². The van der Waals surface area contributed by atoms with E-state index in [2.05, 4.69) is 15.5 Å². The second-order valence-corrected chi connectivity index (χ2v) is 4.54. The highest BCUT2D eigenvalue weighted by Crippen LogP contribution is 2.18. The molecule has 0 saturated heterocycles. The van der Waals surface area contributed by atoms with Crippen molar-refractivity contribution >= 4 is 33.7 Å². The smallest absolute Gasteiger partial charge is 0.248 e. The maximum absolute atomic E-state index is 11.6. The summed E-state index contributed by atoms with van der Waals surface area (Å²) in [5.41, 5.74) is 7.30. The summed E-state index contributed by atoms with van der Waals surface area (Å²) in [5.74, 6) is -0.269. The lowest BCUT2D eigenvalue weighted by molar-refractivity contribution is -0.117. The van der Waals surface area contributed by atoms with Crippen molar-refractivity contribution in [1.82, 2.24) is 10.2 Å². The van der Waals surface area contributed by atoms with Crippen LogP contribution in [0.25, 0.3) is 0 Å². The van der Waals surface area contributed by atoms with Crippen molar-refractivity contribution in [3.8, 4) is 0 Å². The van der Waals surface area contributed by atoms with E-state index in [4.69, 9.17) is 5.73 Å². The maximum Gasteiger partial charge on any atom is 0.248 e. The molecule has 0 spiro atoms. The molecule has 0 aliphatic rings. The third-order valence-corrected chi connectivity index (χ3v) is 3.28. The lowest BCUT2D eigenvalue weighted by Gasteiger charge is -2.07. The number of rotatable bonds is 3. The van der Waals surface area contributed by atoms with Gasteiger partial charge in [0.15, 0.2) is 0 Å². The summed E-state index contributed by atoms with van der Waals surface area (Å²) < 4.78 is 0. The van der Waals surface area contributed by atoms with E-state index in [0.29, 0.717) is 5.13 Å². The zero-order chi connectivity index (χ0) is 10.7. The lowest BCUT2D eigenvalue weighted by atomic mass is 10.2. The number of nitrogens with one attached hydrogen (secondary N) is 1. The van der Waals surface area contributed by atoms with Crippen molar-refractivity contribution in [2.24, 2.45) is 5.73 Å². The lowest BCUT2D eigenvalue weighted by Crippen LogP contribution is -2.26. The Bertz CT molecular complexity index is 425. The molecule has 0 saturated carbocycles. The van der Waals surface area contributed by atoms with Gasteiger partial charge in [0.25, 0.3) is 0 Å². The predicted molar refractivity (Wildman–Crippen MR) is 59.8 cm³/mol. The van der Waals surface area contributed by atoms with Crippen LogP contribution in [0.1, 0.15) is 10.9 Å². The fraction of sp³-hybridized carbons (Fsp3) is 0.125. The number of hydrogen-bond acceptors (Lipinski definition) is 6. The average Bonchev–Trinajstić information content (AvgIpc) is 2.88. The second kappa shape index (κ2) is 4.47. The SMILES string of the molecule is NC(C(=O)Nc1nncs1)c1cccs1. The Morgan fingerprint density at radius 1 is 1.53 bits per heavy atom. The largest absolute Gasteiger partial charge is 0.316 e. The minimum absolute atomic E-state index is 0.269. The Hall–Kier alpha value is -1.31. The number of hydrogen-bond donors (Lipinski definition) is 2. The Labute approximate surface area is 94.0 Å². The van der Waals surface area contributed by atoms with Gasteiger partial charge in [0, 0.05) is 4.88 Å². The normalized spacial score (nSPS) is 12.3. The number of thiophene rings is 1. The van der Waals surface area contributed by atoms with Crippen molar-refractivity contribution in [3.05, 3.63) is 27.9 Å². The molecule has 2 aromatic rings. The molecule has 2 heterocycles. The monoisotopic (exact) mass is 240 g/mol. The van der Waals surface area contributed by atoms with Gasteiger partial charge in [0.1, 0.15) is 11.6 Å². The highest BCUT2D eigenvalue weighted by Gasteiger charge is 2.17. The molecule has 2 aromatic heterocycles. The van der Waals surface area contributed by atoms with Gasteiger partial charge in [-0.25, -0.2) is 0 Å². The molecule has 0 aromatic carbocycles. The second-order valence-electron chi connectivity index (χ2n) is 2.73. The molecule has 78 valence electrons. The molecule has 0 bridgehead atoms. The van der Waals surface area contributed by atoms with Crippen LogP contribution in [-0.2, 0) is 4.79 Å². The minimum Gasteiger partial charge on any atom is -0.316 e. The quantitative estimate of drug-likeness (QED) is 0.845. The first-order chi connectivity index (χ1) is 7.27. The standard InChI is InChI=1S/C8H8N4OS2/c9-6(5-2-1-3-14-5)7(13)11-8-12-10-4-15-8/h1-4,6H,9H2,(H,11,12,13). The summed E-state index contributed by atoms with van der Waals surface area (Å²) in [4.78, 5) is 12.4. The number of aromatic nitrogens is 2. The van der Waals surface area contributed by atoms with Crippen LogP contribution in [0.3, 0.4) is 0 Å². The first-order valence-electron chi connectivity index (χ1n) is 4.13. The van der Waals surface area contributed by atoms with E-state index in [1.807, 2.05) is 17.5 Å². The van der Waals surface area contributed by atoms with Gasteiger partial charge < -0.3 is 5.73 Å². The van der Waals surface area contributed by atoms with Gasteiger partial charge in [-0.15, -0.1) is 21.5 Å². The van der Waals surface area contributed by atoms with E-state index in [1.165, 1.54) is 22.7 Å². The number of nitrogens with two attached hydrogens (primary N) is 1. The highest BCUT2D eigenvalue weighted by molar-refractivity contribution is 7.13. The third-order valence-electron chi connectivity index (χ3n) is 1.72. The molecule has 1 atom stereocenters. The molecule has 3 N–H and O–H groups in total. The highest BCUT2D eigenvalue weighted by atomic mass is 32.1. The molecule has 0 aliphatic carbocycles. The van der Waals surface area contributed by atoms with Crippen LogP contribution >= 0.6 is 22.7 Å². The van der Waals surface area contributed by atoms with E-state index in [0.717, 1.165) is 4.88 Å². The van der Waals surface area contributed by atoms with Gasteiger partial charge >= 0.3 is 0 Å². The van der Waals surface area contributed by atoms with Gasteiger partial charge in [-0.05, 0) is 11.4 Å². The van der Waals surface area contributed by atoms with Crippen molar-refractivity contribution in [3.63, 3.8) is 0 Å². The van der Waals surface area contributed by atoms with E-state index in [9.17, 15) is 4.79 Å². The summed E-state index contributed by atoms with van der Waals surface area (Å²) in [6, 6.07) is 3.04. The first kappa shape index (κ1) is 10.2. The van der Waals surface area contributed by atoms with Crippen molar-refractivity contribution in [2.75, 3.05) is 5.32 Å². The third kappa shape index (κ3) is 2.38. The zero-order valence-electron chi connectivity index (χ0n) is 7.58. The number of carbonyl (C=O) groups is 1. The van der Waals surface area contributed by atoms with Crippen LogP contribution < -0.4 is 11.1 Å². The number of nitrogens with zero attached hydrogens (tertiary/aromatic N) is 2. The van der Waals surface area contributed by atoms with E-state index < -0.39 is 6.04 Å². The molecule has 0 radical (unpaired) electrons. The topological polar surface area (TPSA) is 80.9 Å². The summed E-state index contributed by atoms with van der Waals surface area (Å²) >= 11 is 2.71. The molecular weight excluding hydrogens is 232 g/mol. The molecule has 1 unspecified atom stereocenters. The summed E-state index contributed by atoms with van der Waals surface area (Å²) in [6.45, 7) is 0. The fourth-order valence-corrected chi connectivity index (χ4v) is 2.18. The molecule has 2 rings (SSSR count). The summed E-state index contributed by atoms with van der Waals surface area (Å²) in [5, 5.41) is 12.3. The van der Waals surface area contributed by atoms with Gasteiger partial charge in [0.2, 0.25) is 11.0 Å². The zero-order valence-corrected chi connectivity index (χ0v) is 9.22. The van der Waals surface area contributed by atoms with E-state index >= 15 is 0 Å². The molecule has 1 amide bonds. The summed E-state index contributed by atoms with van der Waals surface area (Å²) in [7, 11) is 0. The summed E-state index contributed by atoms with van der Waals surface area (Å²) in [6.07, 6.45) is 0. The van der Waals surface area contributed by atoms with Gasteiger partial charge in [0.05, 0.1) is 0 Å².